The third-order valence-corrected chi connectivity index (χ3v) is 4.26. The minimum absolute atomic E-state index is 0.0951. The second-order valence-corrected chi connectivity index (χ2v) is 6.19. The van der Waals surface area contributed by atoms with Crippen LogP contribution in [-0.4, -0.2) is 32.3 Å². The molecule has 2 heterocycles. The summed E-state index contributed by atoms with van der Waals surface area (Å²) in [5.41, 5.74) is 2.24. The molecule has 0 saturated carbocycles. The lowest BCUT2D eigenvalue weighted by atomic mass is 9.82. The number of hydrogen-bond acceptors (Lipinski definition) is 4. The van der Waals surface area contributed by atoms with E-state index in [-0.39, 0.29) is 12.5 Å². The van der Waals surface area contributed by atoms with E-state index in [2.05, 4.69) is 17.6 Å². The van der Waals surface area contributed by atoms with Crippen LogP contribution in [0.25, 0.3) is 0 Å². The van der Waals surface area contributed by atoms with Gasteiger partial charge in [-0.15, -0.1) is 0 Å². The molecule has 2 aliphatic heterocycles. The fourth-order valence-corrected chi connectivity index (χ4v) is 2.79. The van der Waals surface area contributed by atoms with E-state index in [1.165, 1.54) is 0 Å². The van der Waals surface area contributed by atoms with Crippen LogP contribution in [0.5, 0.6) is 5.75 Å². The van der Waals surface area contributed by atoms with Gasteiger partial charge in [0.25, 0.3) is 5.91 Å². The summed E-state index contributed by atoms with van der Waals surface area (Å²) in [4.78, 5) is 11.3. The van der Waals surface area contributed by atoms with Gasteiger partial charge in [-0.2, -0.15) is 0 Å². The maximum absolute atomic E-state index is 11.3. The molecular weight excluding hydrogens is 268 g/mol. The lowest BCUT2D eigenvalue weighted by Crippen LogP contribution is -2.36. The number of ether oxygens (including phenoxy) is 2. The molecule has 0 atom stereocenters. The first-order valence-corrected chi connectivity index (χ1v) is 7.49. The number of anilines is 1. The molecule has 2 aliphatic rings. The Kier molecular flexibility index (Phi) is 4.12. The van der Waals surface area contributed by atoms with E-state index in [1.54, 1.807) is 0 Å². The number of amides is 1. The predicted octanol–water partition coefficient (Wildman–Crippen LogP) is 1.92. The highest BCUT2D eigenvalue weighted by Crippen LogP contribution is 2.30. The van der Waals surface area contributed by atoms with Crippen molar-refractivity contribution >= 4 is 11.6 Å². The Morgan fingerprint density at radius 1 is 1.33 bits per heavy atom. The van der Waals surface area contributed by atoms with Crippen molar-refractivity contribution in [2.75, 3.05) is 31.7 Å². The normalized spacial score (nSPS) is 20.3. The van der Waals surface area contributed by atoms with Crippen molar-refractivity contribution in [2.24, 2.45) is 5.41 Å². The Morgan fingerprint density at radius 3 is 2.95 bits per heavy atom. The van der Waals surface area contributed by atoms with Gasteiger partial charge >= 0.3 is 0 Å². The number of benzene rings is 1. The van der Waals surface area contributed by atoms with Crippen molar-refractivity contribution in [3.05, 3.63) is 23.8 Å². The summed E-state index contributed by atoms with van der Waals surface area (Å²) in [5.74, 6) is 0.650. The third-order valence-electron chi connectivity index (χ3n) is 4.26. The van der Waals surface area contributed by atoms with Gasteiger partial charge in [0, 0.05) is 26.3 Å². The molecule has 5 nitrogen and oxygen atoms in total. The summed E-state index contributed by atoms with van der Waals surface area (Å²) < 4.78 is 10.8. The van der Waals surface area contributed by atoms with E-state index in [1.807, 2.05) is 18.2 Å². The van der Waals surface area contributed by atoms with Crippen molar-refractivity contribution in [3.8, 4) is 5.75 Å². The molecule has 1 saturated heterocycles. The van der Waals surface area contributed by atoms with Crippen LogP contribution >= 0.6 is 0 Å². The van der Waals surface area contributed by atoms with Gasteiger partial charge in [0.05, 0.1) is 5.69 Å². The molecule has 21 heavy (non-hydrogen) atoms. The van der Waals surface area contributed by atoms with Gasteiger partial charge in [-0.1, -0.05) is 13.0 Å². The maximum Gasteiger partial charge on any atom is 0.262 e. The van der Waals surface area contributed by atoms with Crippen LogP contribution in [0.4, 0.5) is 5.69 Å². The van der Waals surface area contributed by atoms with Crippen LogP contribution in [0, 0.1) is 5.41 Å². The quantitative estimate of drug-likeness (QED) is 0.889. The summed E-state index contributed by atoms with van der Waals surface area (Å²) in [6.07, 6.45) is 2.21. The van der Waals surface area contributed by atoms with Crippen LogP contribution in [0.2, 0.25) is 0 Å². The Labute approximate surface area is 125 Å². The topological polar surface area (TPSA) is 59.6 Å². The average molecular weight is 290 g/mol. The van der Waals surface area contributed by atoms with Crippen molar-refractivity contribution in [3.63, 3.8) is 0 Å². The van der Waals surface area contributed by atoms with Gasteiger partial charge in [0.1, 0.15) is 5.75 Å². The molecule has 0 bridgehead atoms. The zero-order valence-electron chi connectivity index (χ0n) is 12.4. The molecule has 0 spiro atoms. The van der Waals surface area contributed by atoms with E-state index in [4.69, 9.17) is 9.47 Å². The van der Waals surface area contributed by atoms with Crippen LogP contribution in [-0.2, 0) is 16.1 Å². The summed E-state index contributed by atoms with van der Waals surface area (Å²) >= 11 is 0. The zero-order valence-corrected chi connectivity index (χ0v) is 12.4. The molecule has 0 radical (unpaired) electrons. The van der Waals surface area contributed by atoms with E-state index >= 15 is 0 Å². The third kappa shape index (κ3) is 3.54. The largest absolute Gasteiger partial charge is 0.482 e. The van der Waals surface area contributed by atoms with E-state index in [0.29, 0.717) is 5.41 Å². The highest BCUT2D eigenvalue weighted by molar-refractivity contribution is 5.95. The summed E-state index contributed by atoms with van der Waals surface area (Å²) in [5, 5.41) is 6.36. The summed E-state index contributed by atoms with van der Waals surface area (Å²) in [6, 6.07) is 5.93. The molecule has 114 valence electrons. The van der Waals surface area contributed by atoms with Crippen molar-refractivity contribution in [1.29, 1.82) is 0 Å². The molecule has 0 aliphatic carbocycles. The maximum atomic E-state index is 11.3. The SMILES string of the molecule is CC1(CNCc2ccc3c(c2)NC(=O)CO3)CCOCC1. The number of carbonyl (C=O) groups excluding carboxylic acids is 1. The van der Waals surface area contributed by atoms with E-state index in [9.17, 15) is 4.79 Å². The van der Waals surface area contributed by atoms with Crippen molar-refractivity contribution in [1.82, 2.24) is 5.32 Å². The minimum Gasteiger partial charge on any atom is -0.482 e. The number of nitrogens with one attached hydrogen (secondary N) is 2. The highest BCUT2D eigenvalue weighted by atomic mass is 16.5. The van der Waals surface area contributed by atoms with Crippen LogP contribution in [0.3, 0.4) is 0 Å². The number of carbonyl (C=O) groups is 1. The minimum atomic E-state index is -0.0951. The molecule has 0 aromatic heterocycles. The van der Waals surface area contributed by atoms with Gasteiger partial charge in [-0.05, 0) is 36.0 Å². The molecule has 1 amide bonds. The van der Waals surface area contributed by atoms with Crippen LogP contribution < -0.4 is 15.4 Å². The Balaban J connectivity index is 1.56. The first kappa shape index (κ1) is 14.4. The molecule has 5 heteroatoms. The Hall–Kier alpha value is -1.59. The fraction of sp³-hybridized carbons (Fsp3) is 0.562. The zero-order chi connectivity index (χ0) is 14.7. The molecule has 1 fully saturated rings. The standard InChI is InChI=1S/C16H22N2O3/c1-16(4-6-20-7-5-16)11-17-9-12-2-3-14-13(8-12)18-15(19)10-21-14/h2-3,8,17H,4-7,9-11H2,1H3,(H,18,19). The average Bonchev–Trinajstić information content (AvgIpc) is 2.47. The molecule has 3 rings (SSSR count). The van der Waals surface area contributed by atoms with E-state index in [0.717, 1.165) is 56.1 Å². The van der Waals surface area contributed by atoms with Crippen molar-refractivity contribution < 1.29 is 14.3 Å². The molecule has 1 aromatic rings. The van der Waals surface area contributed by atoms with E-state index < -0.39 is 0 Å². The van der Waals surface area contributed by atoms with Gasteiger partial charge in [0.15, 0.2) is 6.61 Å². The number of hydrogen-bond donors (Lipinski definition) is 2. The van der Waals surface area contributed by atoms with Gasteiger partial charge in [0.2, 0.25) is 0 Å². The highest BCUT2D eigenvalue weighted by Gasteiger charge is 2.26. The summed E-state index contributed by atoms with van der Waals surface area (Å²) in [7, 11) is 0. The smallest absolute Gasteiger partial charge is 0.262 e. The second kappa shape index (κ2) is 6.03. The first-order valence-electron chi connectivity index (χ1n) is 7.49. The van der Waals surface area contributed by atoms with Gasteiger partial charge < -0.3 is 20.1 Å². The lowest BCUT2D eigenvalue weighted by molar-refractivity contribution is -0.118. The number of rotatable bonds is 4. The number of fused-ring (bicyclic) bond motifs is 1. The monoisotopic (exact) mass is 290 g/mol. The fourth-order valence-electron chi connectivity index (χ4n) is 2.79. The molecular formula is C16H22N2O3. The lowest BCUT2D eigenvalue weighted by Gasteiger charge is -2.33. The van der Waals surface area contributed by atoms with Crippen LogP contribution in [0.1, 0.15) is 25.3 Å². The molecule has 2 N–H and O–H groups in total. The molecule has 1 aromatic carbocycles. The Morgan fingerprint density at radius 2 is 2.14 bits per heavy atom. The van der Waals surface area contributed by atoms with Crippen molar-refractivity contribution in [2.45, 2.75) is 26.3 Å². The summed E-state index contributed by atoms with van der Waals surface area (Å²) in [6.45, 7) is 5.91. The Bertz CT molecular complexity index is 524. The predicted molar refractivity (Wildman–Crippen MR) is 80.4 cm³/mol. The first-order chi connectivity index (χ1) is 10.1. The van der Waals surface area contributed by atoms with Crippen LogP contribution in [0.15, 0.2) is 18.2 Å². The van der Waals surface area contributed by atoms with Gasteiger partial charge in [-0.25, -0.2) is 0 Å². The second-order valence-electron chi connectivity index (χ2n) is 6.19. The van der Waals surface area contributed by atoms with Gasteiger partial charge in [-0.3, -0.25) is 4.79 Å². The molecule has 0 unspecified atom stereocenters.